The summed E-state index contributed by atoms with van der Waals surface area (Å²) in [5.74, 6) is -0.806. The smallest absolute Gasteiger partial charge is 0.255 e. The quantitative estimate of drug-likeness (QED) is 0.895. The van der Waals surface area contributed by atoms with Crippen LogP contribution in [0.4, 0.5) is 4.39 Å². The van der Waals surface area contributed by atoms with Crippen LogP contribution in [0.2, 0.25) is 0 Å². The van der Waals surface area contributed by atoms with Crippen molar-refractivity contribution in [1.29, 1.82) is 0 Å². The van der Waals surface area contributed by atoms with E-state index in [1.54, 1.807) is 18.0 Å². The molecule has 2 rings (SSSR count). The van der Waals surface area contributed by atoms with E-state index in [1.165, 1.54) is 12.1 Å². The Hall–Kier alpha value is -1.43. The van der Waals surface area contributed by atoms with Crippen molar-refractivity contribution in [3.63, 3.8) is 0 Å². The lowest BCUT2D eigenvalue weighted by Crippen LogP contribution is -2.40. The van der Waals surface area contributed by atoms with Crippen molar-refractivity contribution >= 4 is 27.7 Å². The summed E-state index contributed by atoms with van der Waals surface area (Å²) in [6, 6.07) is 4.37. The normalized spacial score (nSPS) is 21.9. The van der Waals surface area contributed by atoms with Gasteiger partial charge >= 0.3 is 0 Å². The fourth-order valence-corrected chi connectivity index (χ4v) is 2.89. The predicted molar refractivity (Wildman–Crippen MR) is 76.8 cm³/mol. The maximum Gasteiger partial charge on any atom is 0.255 e. The fourth-order valence-electron chi connectivity index (χ4n) is 2.46. The number of nitrogens with zero attached hydrogens (tertiary/aromatic N) is 1. The molecule has 20 heavy (non-hydrogen) atoms. The van der Waals surface area contributed by atoms with E-state index >= 15 is 0 Å². The highest BCUT2D eigenvalue weighted by molar-refractivity contribution is 9.10. The standard InChI is InChI=1S/C14H16BrFN2O2/c1-14(13(20)17-2)6-7-18(8-14)12(19)9-4-3-5-10(16)11(9)15/h3-5H,6-8H2,1-2H3,(H,17,20). The molecule has 1 aliphatic rings. The van der Waals surface area contributed by atoms with Crippen molar-refractivity contribution in [2.24, 2.45) is 5.41 Å². The molecule has 1 unspecified atom stereocenters. The number of halogens is 2. The fraction of sp³-hybridized carbons (Fsp3) is 0.429. The molecule has 1 N–H and O–H groups in total. The minimum Gasteiger partial charge on any atom is -0.359 e. The number of rotatable bonds is 2. The molecule has 1 heterocycles. The first kappa shape index (κ1) is 15.0. The molecule has 0 spiro atoms. The molecule has 108 valence electrons. The summed E-state index contributed by atoms with van der Waals surface area (Å²) in [6.45, 7) is 2.67. The summed E-state index contributed by atoms with van der Waals surface area (Å²) < 4.78 is 13.6. The molecular formula is C14H16BrFN2O2. The van der Waals surface area contributed by atoms with Gasteiger partial charge in [-0.3, -0.25) is 9.59 Å². The Labute approximate surface area is 125 Å². The van der Waals surface area contributed by atoms with E-state index in [0.717, 1.165) is 0 Å². The molecule has 4 nitrogen and oxygen atoms in total. The van der Waals surface area contributed by atoms with E-state index in [1.807, 2.05) is 6.92 Å². The average molecular weight is 343 g/mol. The van der Waals surface area contributed by atoms with E-state index in [0.29, 0.717) is 19.5 Å². The number of carbonyl (C=O) groups is 2. The van der Waals surface area contributed by atoms with E-state index in [4.69, 9.17) is 0 Å². The Morgan fingerprint density at radius 2 is 2.15 bits per heavy atom. The van der Waals surface area contributed by atoms with Gasteiger partial charge in [-0.2, -0.15) is 0 Å². The van der Waals surface area contributed by atoms with Gasteiger partial charge in [0.2, 0.25) is 5.91 Å². The van der Waals surface area contributed by atoms with Gasteiger partial charge in [-0.05, 0) is 41.4 Å². The summed E-state index contributed by atoms with van der Waals surface area (Å²) in [4.78, 5) is 25.9. The first-order chi connectivity index (χ1) is 9.39. The molecular weight excluding hydrogens is 327 g/mol. The summed E-state index contributed by atoms with van der Waals surface area (Å²) in [5.41, 5.74) is -0.296. The molecule has 0 radical (unpaired) electrons. The van der Waals surface area contributed by atoms with Crippen molar-refractivity contribution in [2.45, 2.75) is 13.3 Å². The highest BCUT2D eigenvalue weighted by Crippen LogP contribution is 2.32. The third-order valence-corrected chi connectivity index (χ3v) is 4.52. The Morgan fingerprint density at radius 3 is 2.80 bits per heavy atom. The second-order valence-corrected chi connectivity index (χ2v) is 6.01. The topological polar surface area (TPSA) is 49.4 Å². The Kier molecular flexibility index (Phi) is 4.13. The van der Waals surface area contributed by atoms with Crippen LogP contribution in [-0.4, -0.2) is 36.9 Å². The van der Waals surface area contributed by atoms with Gasteiger partial charge in [0.05, 0.1) is 15.5 Å². The summed E-state index contributed by atoms with van der Waals surface area (Å²) in [6.07, 6.45) is 0.603. The van der Waals surface area contributed by atoms with Crippen LogP contribution in [0.15, 0.2) is 22.7 Å². The third-order valence-electron chi connectivity index (χ3n) is 3.72. The van der Waals surface area contributed by atoms with Crippen molar-refractivity contribution in [1.82, 2.24) is 10.2 Å². The van der Waals surface area contributed by atoms with E-state index < -0.39 is 11.2 Å². The Bertz CT molecular complexity index is 564. The molecule has 1 aromatic carbocycles. The van der Waals surface area contributed by atoms with Crippen LogP contribution >= 0.6 is 15.9 Å². The lowest BCUT2D eigenvalue weighted by molar-refractivity contribution is -0.128. The molecule has 6 heteroatoms. The maximum absolute atomic E-state index is 13.5. The van der Waals surface area contributed by atoms with E-state index in [-0.39, 0.29) is 21.9 Å². The molecule has 0 bridgehead atoms. The van der Waals surface area contributed by atoms with Crippen molar-refractivity contribution in [2.75, 3.05) is 20.1 Å². The van der Waals surface area contributed by atoms with Gasteiger partial charge in [-0.15, -0.1) is 0 Å². The maximum atomic E-state index is 13.5. The van der Waals surface area contributed by atoms with Crippen LogP contribution in [0.3, 0.4) is 0 Å². The minimum absolute atomic E-state index is 0.0777. The Morgan fingerprint density at radius 1 is 1.45 bits per heavy atom. The Balaban J connectivity index is 2.20. The second-order valence-electron chi connectivity index (χ2n) is 5.22. The zero-order valence-electron chi connectivity index (χ0n) is 11.4. The van der Waals surface area contributed by atoms with E-state index in [9.17, 15) is 14.0 Å². The number of carbonyl (C=O) groups excluding carboxylic acids is 2. The molecule has 1 saturated heterocycles. The number of hydrogen-bond acceptors (Lipinski definition) is 2. The molecule has 2 amide bonds. The molecule has 0 aromatic heterocycles. The van der Waals surface area contributed by atoms with Crippen LogP contribution in [0.1, 0.15) is 23.7 Å². The van der Waals surface area contributed by atoms with Crippen LogP contribution in [0, 0.1) is 11.2 Å². The zero-order valence-corrected chi connectivity index (χ0v) is 13.0. The first-order valence-electron chi connectivity index (χ1n) is 6.34. The average Bonchev–Trinajstić information content (AvgIpc) is 2.84. The molecule has 1 aromatic rings. The minimum atomic E-state index is -0.579. The lowest BCUT2D eigenvalue weighted by atomic mass is 9.89. The number of likely N-dealkylation sites (tertiary alicyclic amines) is 1. The molecule has 1 aliphatic heterocycles. The summed E-state index contributed by atoms with van der Waals surface area (Å²) in [5, 5.41) is 2.62. The van der Waals surface area contributed by atoms with Crippen molar-refractivity contribution in [3.8, 4) is 0 Å². The molecule has 0 saturated carbocycles. The van der Waals surface area contributed by atoms with Crippen LogP contribution in [0.25, 0.3) is 0 Å². The predicted octanol–water partition coefficient (Wildman–Crippen LogP) is 2.19. The zero-order chi connectivity index (χ0) is 14.9. The lowest BCUT2D eigenvalue weighted by Gasteiger charge is -2.23. The van der Waals surface area contributed by atoms with Crippen LogP contribution < -0.4 is 5.32 Å². The molecule has 1 fully saturated rings. The van der Waals surface area contributed by atoms with Gasteiger partial charge in [0, 0.05) is 20.1 Å². The molecule has 1 atom stereocenters. The number of benzene rings is 1. The second kappa shape index (κ2) is 5.52. The van der Waals surface area contributed by atoms with Gasteiger partial charge in [0.25, 0.3) is 5.91 Å². The summed E-state index contributed by atoms with van der Waals surface area (Å²) >= 11 is 3.10. The third kappa shape index (κ3) is 2.57. The van der Waals surface area contributed by atoms with Gasteiger partial charge in [-0.25, -0.2) is 4.39 Å². The van der Waals surface area contributed by atoms with Gasteiger partial charge in [0.15, 0.2) is 0 Å². The van der Waals surface area contributed by atoms with Crippen molar-refractivity contribution < 1.29 is 14.0 Å². The summed E-state index contributed by atoms with van der Waals surface area (Å²) in [7, 11) is 1.58. The SMILES string of the molecule is CNC(=O)C1(C)CCN(C(=O)c2cccc(F)c2Br)C1. The van der Waals surface area contributed by atoms with E-state index in [2.05, 4.69) is 21.2 Å². The first-order valence-corrected chi connectivity index (χ1v) is 7.14. The number of nitrogens with one attached hydrogen (secondary N) is 1. The highest BCUT2D eigenvalue weighted by atomic mass is 79.9. The van der Waals surface area contributed by atoms with Crippen molar-refractivity contribution in [3.05, 3.63) is 34.1 Å². The monoisotopic (exact) mass is 342 g/mol. The van der Waals surface area contributed by atoms with Crippen LogP contribution in [0.5, 0.6) is 0 Å². The molecule has 0 aliphatic carbocycles. The van der Waals surface area contributed by atoms with Gasteiger partial charge < -0.3 is 10.2 Å². The van der Waals surface area contributed by atoms with Crippen LogP contribution in [-0.2, 0) is 4.79 Å². The largest absolute Gasteiger partial charge is 0.359 e. The number of amides is 2. The highest BCUT2D eigenvalue weighted by Gasteiger charge is 2.41. The van der Waals surface area contributed by atoms with Gasteiger partial charge in [0.1, 0.15) is 5.82 Å². The van der Waals surface area contributed by atoms with Gasteiger partial charge in [-0.1, -0.05) is 6.07 Å². The number of hydrogen-bond donors (Lipinski definition) is 1.